The molecule has 2 N–H and O–H groups in total. The first-order valence-corrected chi connectivity index (χ1v) is 12.6. The number of halogens is 1. The average Bonchev–Trinajstić information content (AvgIpc) is 2.82. The van der Waals surface area contributed by atoms with Gasteiger partial charge in [-0.25, -0.2) is 15.0 Å². The Morgan fingerprint density at radius 3 is 2.54 bits per heavy atom. The molecular formula is C24H28ClN7O2S. The van der Waals surface area contributed by atoms with Crippen LogP contribution in [0.5, 0.6) is 0 Å². The van der Waals surface area contributed by atoms with Crippen molar-refractivity contribution < 1.29 is 0 Å². The summed E-state index contributed by atoms with van der Waals surface area (Å²) in [7, 11) is 0. The molecule has 35 heavy (non-hydrogen) atoms. The van der Waals surface area contributed by atoms with E-state index in [2.05, 4.69) is 25.3 Å². The Morgan fingerprint density at radius 1 is 1.20 bits per heavy atom. The highest BCUT2D eigenvalue weighted by Gasteiger charge is 2.23. The molecule has 3 aromatic rings. The van der Waals surface area contributed by atoms with Crippen molar-refractivity contribution >= 4 is 50.9 Å². The molecule has 3 rings (SSSR count). The fourth-order valence-corrected chi connectivity index (χ4v) is 4.19. The molecule has 0 saturated carbocycles. The normalized spacial score (nSPS) is 13.9. The van der Waals surface area contributed by atoms with Crippen molar-refractivity contribution in [2.24, 2.45) is 0 Å². The Hall–Kier alpha value is -3.24. The third-order valence-corrected chi connectivity index (χ3v) is 6.39. The van der Waals surface area contributed by atoms with Gasteiger partial charge in [0.15, 0.2) is 10.8 Å². The van der Waals surface area contributed by atoms with Crippen molar-refractivity contribution in [2.75, 3.05) is 11.6 Å². The van der Waals surface area contributed by atoms with Crippen LogP contribution in [0.15, 0.2) is 44.9 Å². The lowest BCUT2D eigenvalue weighted by atomic mass is 10.1. The molecule has 3 aromatic heterocycles. The molecule has 184 valence electrons. The Labute approximate surface area is 212 Å². The van der Waals surface area contributed by atoms with Gasteiger partial charge in [0.25, 0.3) is 11.1 Å². The molecule has 0 saturated heterocycles. The summed E-state index contributed by atoms with van der Waals surface area (Å²) in [6, 6.07) is -0.512. The molecule has 1 atom stereocenters. The summed E-state index contributed by atoms with van der Waals surface area (Å²) in [5, 5.41) is 4.30. The SMILES string of the molecule is C/C=C(C)\C=C(/C)n1c(C(C)Nc2nc(SC)nc3[nH]cnc(=O)c23)nc(C)c(/C(Cl)=C\C)c1=O. The van der Waals surface area contributed by atoms with Crippen LogP contribution < -0.4 is 16.4 Å². The van der Waals surface area contributed by atoms with Crippen molar-refractivity contribution in [3.05, 3.63) is 67.9 Å². The third kappa shape index (κ3) is 5.38. The number of thioether (sulfide) groups is 1. The molecule has 0 spiro atoms. The number of nitrogens with one attached hydrogen (secondary N) is 2. The number of H-pyrrole nitrogens is 1. The van der Waals surface area contributed by atoms with E-state index in [0.717, 1.165) is 5.57 Å². The van der Waals surface area contributed by atoms with Crippen LogP contribution >= 0.6 is 23.4 Å². The predicted octanol–water partition coefficient (Wildman–Crippen LogP) is 4.90. The van der Waals surface area contributed by atoms with Crippen molar-refractivity contribution in [1.82, 2.24) is 29.5 Å². The highest BCUT2D eigenvalue weighted by atomic mass is 35.5. The van der Waals surface area contributed by atoms with E-state index in [1.807, 2.05) is 46.1 Å². The molecule has 3 heterocycles. The van der Waals surface area contributed by atoms with Gasteiger partial charge < -0.3 is 10.3 Å². The summed E-state index contributed by atoms with van der Waals surface area (Å²) in [5.41, 5.74) is 2.15. The smallest absolute Gasteiger partial charge is 0.285 e. The molecule has 11 heteroatoms. The molecule has 0 radical (unpaired) electrons. The Kier molecular flexibility index (Phi) is 8.29. The maximum absolute atomic E-state index is 13.7. The van der Waals surface area contributed by atoms with Gasteiger partial charge >= 0.3 is 0 Å². The first kappa shape index (κ1) is 26.4. The lowest BCUT2D eigenvalue weighted by Gasteiger charge is -2.22. The van der Waals surface area contributed by atoms with Crippen molar-refractivity contribution in [1.29, 1.82) is 0 Å². The van der Waals surface area contributed by atoms with Crippen LogP contribution in [-0.2, 0) is 0 Å². The monoisotopic (exact) mass is 513 g/mol. The second kappa shape index (κ2) is 11.0. The first-order valence-electron chi connectivity index (χ1n) is 11.0. The molecule has 0 aliphatic heterocycles. The molecule has 0 aliphatic rings. The Balaban J connectivity index is 2.26. The van der Waals surface area contributed by atoms with E-state index in [-0.39, 0.29) is 10.9 Å². The third-order valence-electron chi connectivity index (χ3n) is 5.44. The van der Waals surface area contributed by atoms with Gasteiger partial charge in [-0.15, -0.1) is 0 Å². The van der Waals surface area contributed by atoms with E-state index < -0.39 is 11.6 Å². The van der Waals surface area contributed by atoms with Crippen LogP contribution in [0.25, 0.3) is 21.8 Å². The van der Waals surface area contributed by atoms with Gasteiger partial charge in [-0.3, -0.25) is 14.2 Å². The molecule has 9 nitrogen and oxygen atoms in total. The number of nitrogens with zero attached hydrogens (tertiary/aromatic N) is 5. The number of hydrogen-bond acceptors (Lipinski definition) is 8. The average molecular weight is 514 g/mol. The second-order valence-electron chi connectivity index (χ2n) is 7.88. The molecule has 0 aromatic carbocycles. The van der Waals surface area contributed by atoms with Crippen molar-refractivity contribution in [2.45, 2.75) is 52.7 Å². The maximum atomic E-state index is 13.7. The minimum atomic E-state index is -0.512. The quantitative estimate of drug-likeness (QED) is 0.260. The number of aromatic nitrogens is 6. The summed E-state index contributed by atoms with van der Waals surface area (Å²) in [6.07, 6.45) is 8.68. The molecule has 0 amide bonds. The number of anilines is 1. The van der Waals surface area contributed by atoms with Gasteiger partial charge in [-0.1, -0.05) is 41.1 Å². The van der Waals surface area contributed by atoms with Crippen LogP contribution in [0.4, 0.5) is 5.82 Å². The number of allylic oxidation sites excluding steroid dienone is 5. The van der Waals surface area contributed by atoms with Crippen LogP contribution in [0.2, 0.25) is 0 Å². The molecule has 0 fully saturated rings. The van der Waals surface area contributed by atoms with Gasteiger partial charge in [0, 0.05) is 5.70 Å². The van der Waals surface area contributed by atoms with Gasteiger partial charge in [0.1, 0.15) is 17.0 Å². The second-order valence-corrected chi connectivity index (χ2v) is 9.06. The molecule has 1 unspecified atom stereocenters. The highest BCUT2D eigenvalue weighted by molar-refractivity contribution is 7.98. The Morgan fingerprint density at radius 2 is 1.91 bits per heavy atom. The minimum Gasteiger partial charge on any atom is -0.360 e. The van der Waals surface area contributed by atoms with E-state index in [4.69, 9.17) is 16.6 Å². The zero-order valence-corrected chi connectivity index (χ0v) is 22.3. The lowest BCUT2D eigenvalue weighted by molar-refractivity contribution is 0.714. The molecular weight excluding hydrogens is 486 g/mol. The number of hydrogen-bond donors (Lipinski definition) is 2. The predicted molar refractivity (Wildman–Crippen MR) is 144 cm³/mol. The van der Waals surface area contributed by atoms with Gasteiger partial charge in [0.2, 0.25) is 0 Å². The van der Waals surface area contributed by atoms with Gasteiger partial charge in [-0.05, 0) is 53.9 Å². The standard InChI is InChI=1S/C24H28ClN7O2S/c1-8-12(3)10-13(4)32-21(29-14(5)17(23(32)34)16(25)9-2)15(6)28-20-18-19(26-11-27-22(18)33)30-24(31-20)35-7/h8-11,15H,1-7H3,(H2,26,27,28,30,31,33)/b12-8-,13-10+,16-9+. The van der Waals surface area contributed by atoms with E-state index in [0.29, 0.717) is 44.4 Å². The van der Waals surface area contributed by atoms with Crippen LogP contribution in [0.3, 0.4) is 0 Å². The zero-order valence-electron chi connectivity index (χ0n) is 20.7. The van der Waals surface area contributed by atoms with Crippen LogP contribution in [-0.4, -0.2) is 35.7 Å². The fraction of sp³-hybridized carbons (Fsp3) is 0.333. The summed E-state index contributed by atoms with van der Waals surface area (Å²) in [5.74, 6) is 0.758. The summed E-state index contributed by atoms with van der Waals surface area (Å²) in [4.78, 5) is 46.5. The van der Waals surface area contributed by atoms with Gasteiger partial charge in [-0.2, -0.15) is 4.98 Å². The van der Waals surface area contributed by atoms with E-state index in [1.165, 1.54) is 18.1 Å². The van der Waals surface area contributed by atoms with E-state index >= 15 is 0 Å². The van der Waals surface area contributed by atoms with Crippen LogP contribution in [0.1, 0.15) is 57.7 Å². The molecule has 0 aliphatic carbocycles. The van der Waals surface area contributed by atoms with Gasteiger partial charge in [0.05, 0.1) is 28.7 Å². The minimum absolute atomic E-state index is 0.230. The number of aromatic amines is 1. The first-order chi connectivity index (χ1) is 16.6. The summed E-state index contributed by atoms with van der Waals surface area (Å²) >= 11 is 7.73. The zero-order chi connectivity index (χ0) is 25.9. The summed E-state index contributed by atoms with van der Waals surface area (Å²) < 4.78 is 1.54. The van der Waals surface area contributed by atoms with Crippen LogP contribution in [0, 0.1) is 6.92 Å². The van der Waals surface area contributed by atoms with Crippen molar-refractivity contribution in [3.63, 3.8) is 0 Å². The topological polar surface area (TPSA) is 118 Å². The number of aryl methyl sites for hydroxylation is 1. The van der Waals surface area contributed by atoms with Crippen molar-refractivity contribution in [3.8, 4) is 0 Å². The van der Waals surface area contributed by atoms with E-state index in [9.17, 15) is 9.59 Å². The summed E-state index contributed by atoms with van der Waals surface area (Å²) in [6.45, 7) is 11.1. The number of rotatable bonds is 7. The largest absolute Gasteiger partial charge is 0.360 e. The lowest BCUT2D eigenvalue weighted by Crippen LogP contribution is -2.31. The number of fused-ring (bicyclic) bond motifs is 1. The fourth-order valence-electron chi connectivity index (χ4n) is 3.61. The molecule has 0 bridgehead atoms. The maximum Gasteiger partial charge on any atom is 0.285 e. The Bertz CT molecular complexity index is 1490. The van der Waals surface area contributed by atoms with E-state index in [1.54, 1.807) is 24.5 Å². The highest BCUT2D eigenvalue weighted by Crippen LogP contribution is 2.26.